The summed E-state index contributed by atoms with van der Waals surface area (Å²) in [6, 6.07) is -1.67. The largest absolute Gasteiger partial charge is 0.461 e. The number of nitro groups is 1. The molecule has 0 radical (unpaired) electrons. The molecule has 0 saturated carbocycles. The van der Waals surface area contributed by atoms with Crippen molar-refractivity contribution in [1.29, 1.82) is 0 Å². The zero-order chi connectivity index (χ0) is 10.6. The number of esters is 1. The molecule has 0 spiro atoms. The molecule has 0 N–H and O–H groups in total. The molecule has 0 fully saturated rings. The Morgan fingerprint density at radius 2 is 2.57 bits per heavy atom. The Balaban J connectivity index is 2.85. The zero-order valence-corrected chi connectivity index (χ0v) is 7.24. The van der Waals surface area contributed by atoms with Crippen LogP contribution in [0.5, 0.6) is 0 Å². The highest BCUT2D eigenvalue weighted by Gasteiger charge is 2.36. The third-order valence-corrected chi connectivity index (χ3v) is 1.38. The molecule has 0 bridgehead atoms. The normalized spacial score (nSPS) is 12.1. The van der Waals surface area contributed by atoms with E-state index >= 15 is 0 Å². The van der Waals surface area contributed by atoms with Crippen molar-refractivity contribution in [2.45, 2.75) is 13.0 Å². The van der Waals surface area contributed by atoms with Crippen LogP contribution in [0.2, 0.25) is 0 Å². The number of hydrogen-bond donors (Lipinski definition) is 0. The van der Waals surface area contributed by atoms with Crippen LogP contribution >= 0.6 is 0 Å². The average Bonchev–Trinajstić information content (AvgIpc) is 2.57. The second-order valence-corrected chi connectivity index (χ2v) is 2.27. The van der Waals surface area contributed by atoms with Gasteiger partial charge in [-0.05, 0) is 6.92 Å². The Bertz CT molecular complexity index is 322. The summed E-state index contributed by atoms with van der Waals surface area (Å²) in [6.45, 7) is 1.62. The highest BCUT2D eigenvalue weighted by atomic mass is 16.6. The fourth-order valence-corrected chi connectivity index (χ4v) is 0.827. The van der Waals surface area contributed by atoms with Crippen LogP contribution in [0.25, 0.3) is 0 Å². The molecule has 0 aliphatic carbocycles. The van der Waals surface area contributed by atoms with E-state index in [0.717, 1.165) is 6.26 Å². The Kier molecular flexibility index (Phi) is 3.10. The summed E-state index contributed by atoms with van der Waals surface area (Å²) in [7, 11) is 0. The van der Waals surface area contributed by atoms with E-state index in [1.807, 2.05) is 0 Å². The van der Waals surface area contributed by atoms with Crippen molar-refractivity contribution in [3.63, 3.8) is 0 Å². The van der Waals surface area contributed by atoms with E-state index in [1.54, 1.807) is 6.92 Å². The fraction of sp³-hybridized carbons (Fsp3) is 0.500. The SMILES string of the molecule is CCOC(=O)C(c1conn1)[N+](=O)[O-]. The van der Waals surface area contributed by atoms with Crippen molar-refractivity contribution in [3.8, 4) is 0 Å². The highest BCUT2D eigenvalue weighted by molar-refractivity contribution is 5.75. The van der Waals surface area contributed by atoms with Gasteiger partial charge in [0, 0.05) is 10.2 Å². The lowest BCUT2D eigenvalue weighted by atomic mass is 10.2. The van der Waals surface area contributed by atoms with Gasteiger partial charge in [-0.1, -0.05) is 0 Å². The molecule has 0 aliphatic heterocycles. The summed E-state index contributed by atoms with van der Waals surface area (Å²) in [5, 5.41) is 16.8. The molecule has 1 aromatic rings. The summed E-state index contributed by atoms with van der Waals surface area (Å²) in [4.78, 5) is 20.8. The van der Waals surface area contributed by atoms with Gasteiger partial charge in [0.05, 0.1) is 6.61 Å². The first kappa shape index (κ1) is 10.1. The summed E-state index contributed by atoms with van der Waals surface area (Å²) in [5.74, 6) is -0.979. The number of carbonyl (C=O) groups is 1. The molecule has 0 aromatic carbocycles. The molecular weight excluding hydrogens is 194 g/mol. The number of ether oxygens (including phenoxy) is 1. The van der Waals surface area contributed by atoms with E-state index in [9.17, 15) is 14.9 Å². The molecule has 0 saturated heterocycles. The predicted molar refractivity (Wildman–Crippen MR) is 40.7 cm³/mol. The van der Waals surface area contributed by atoms with E-state index in [2.05, 4.69) is 19.6 Å². The molecule has 1 aromatic heterocycles. The van der Waals surface area contributed by atoms with Crippen LogP contribution < -0.4 is 0 Å². The van der Waals surface area contributed by atoms with E-state index in [0.29, 0.717) is 0 Å². The van der Waals surface area contributed by atoms with Gasteiger partial charge in [0.25, 0.3) is 0 Å². The van der Waals surface area contributed by atoms with Crippen LogP contribution in [0.1, 0.15) is 18.7 Å². The van der Waals surface area contributed by atoms with Crippen LogP contribution in [-0.2, 0) is 9.53 Å². The molecule has 8 nitrogen and oxygen atoms in total. The van der Waals surface area contributed by atoms with Crippen LogP contribution in [0.3, 0.4) is 0 Å². The fourth-order valence-electron chi connectivity index (χ4n) is 0.827. The molecule has 0 aliphatic rings. The minimum atomic E-state index is -1.67. The standard InChI is InChI=1S/C6H7N3O5/c1-2-13-6(10)5(9(11)12)4-3-14-8-7-4/h3,5H,2H2,1H3. The van der Waals surface area contributed by atoms with Crippen molar-refractivity contribution in [2.75, 3.05) is 6.61 Å². The van der Waals surface area contributed by atoms with Crippen molar-refractivity contribution in [3.05, 3.63) is 22.1 Å². The lowest BCUT2D eigenvalue weighted by Gasteiger charge is -2.03. The number of carbonyl (C=O) groups excluding carboxylic acids is 1. The van der Waals surface area contributed by atoms with Gasteiger partial charge in [-0.25, -0.2) is 4.79 Å². The first-order chi connectivity index (χ1) is 6.66. The summed E-state index contributed by atoms with van der Waals surface area (Å²) >= 11 is 0. The van der Waals surface area contributed by atoms with Gasteiger partial charge in [-0.3, -0.25) is 10.1 Å². The Morgan fingerprint density at radius 3 is 3.00 bits per heavy atom. The number of aromatic nitrogens is 2. The molecule has 0 amide bonds. The maximum Gasteiger partial charge on any atom is 0.388 e. The second kappa shape index (κ2) is 4.30. The molecule has 1 heterocycles. The van der Waals surface area contributed by atoms with E-state index < -0.39 is 16.9 Å². The van der Waals surface area contributed by atoms with Gasteiger partial charge >= 0.3 is 12.0 Å². The molecule has 1 atom stereocenters. The van der Waals surface area contributed by atoms with Gasteiger partial charge in [0.2, 0.25) is 0 Å². The van der Waals surface area contributed by atoms with Crippen molar-refractivity contribution < 1.29 is 19.0 Å². The molecule has 1 unspecified atom stereocenters. The monoisotopic (exact) mass is 201 g/mol. The van der Waals surface area contributed by atoms with Gasteiger partial charge in [-0.2, -0.15) is 0 Å². The molecule has 76 valence electrons. The second-order valence-electron chi connectivity index (χ2n) is 2.27. The summed E-state index contributed by atoms with van der Waals surface area (Å²) in [6.07, 6.45) is 0.935. The minimum absolute atomic E-state index is 0.0639. The molecule has 14 heavy (non-hydrogen) atoms. The number of nitrogens with zero attached hydrogens (tertiary/aromatic N) is 3. The zero-order valence-electron chi connectivity index (χ0n) is 7.24. The van der Waals surface area contributed by atoms with Gasteiger partial charge in [0.15, 0.2) is 12.0 Å². The lowest BCUT2D eigenvalue weighted by molar-refractivity contribution is -0.517. The topological polar surface area (TPSA) is 108 Å². The minimum Gasteiger partial charge on any atom is -0.461 e. The number of rotatable bonds is 4. The van der Waals surface area contributed by atoms with Crippen LogP contribution in [0.4, 0.5) is 0 Å². The molecule has 1 rings (SSSR count). The smallest absolute Gasteiger partial charge is 0.388 e. The Hall–Kier alpha value is -1.99. The Labute approximate surface area is 78.0 Å². The Morgan fingerprint density at radius 1 is 1.86 bits per heavy atom. The highest BCUT2D eigenvalue weighted by Crippen LogP contribution is 2.14. The first-order valence-corrected chi connectivity index (χ1v) is 3.74. The van der Waals surface area contributed by atoms with Crippen LogP contribution in [0.15, 0.2) is 10.8 Å². The van der Waals surface area contributed by atoms with Crippen LogP contribution in [-0.4, -0.2) is 27.9 Å². The van der Waals surface area contributed by atoms with Crippen molar-refractivity contribution in [2.24, 2.45) is 0 Å². The van der Waals surface area contributed by atoms with Crippen molar-refractivity contribution in [1.82, 2.24) is 10.4 Å². The predicted octanol–water partition coefficient (Wildman–Crippen LogP) is -0.0495. The summed E-state index contributed by atoms with van der Waals surface area (Å²) in [5.41, 5.74) is -0.173. The van der Waals surface area contributed by atoms with Gasteiger partial charge < -0.3 is 9.26 Å². The maximum absolute atomic E-state index is 11.1. The van der Waals surface area contributed by atoms with E-state index in [-0.39, 0.29) is 12.3 Å². The van der Waals surface area contributed by atoms with Crippen molar-refractivity contribution >= 4 is 5.97 Å². The maximum atomic E-state index is 11.1. The molecule has 8 heteroatoms. The quantitative estimate of drug-likeness (QED) is 0.381. The van der Waals surface area contributed by atoms with Crippen LogP contribution in [0, 0.1) is 10.1 Å². The molecular formula is C6H7N3O5. The number of hydrogen-bond acceptors (Lipinski definition) is 7. The van der Waals surface area contributed by atoms with E-state index in [1.165, 1.54) is 0 Å². The summed E-state index contributed by atoms with van der Waals surface area (Å²) < 4.78 is 8.80. The van der Waals surface area contributed by atoms with E-state index in [4.69, 9.17) is 0 Å². The average molecular weight is 201 g/mol. The van der Waals surface area contributed by atoms with Gasteiger partial charge in [-0.15, -0.1) is 5.10 Å². The third kappa shape index (κ3) is 2.03. The third-order valence-electron chi connectivity index (χ3n) is 1.38. The lowest BCUT2D eigenvalue weighted by Crippen LogP contribution is -2.23. The van der Waals surface area contributed by atoms with Gasteiger partial charge in [0.1, 0.15) is 0 Å². The first-order valence-electron chi connectivity index (χ1n) is 3.74.